The molecule has 5 nitrogen and oxygen atoms in total. The molecule has 0 amide bonds. The summed E-state index contributed by atoms with van der Waals surface area (Å²) in [4.78, 5) is 15.7. The van der Waals surface area contributed by atoms with Crippen LogP contribution >= 0.6 is 23.2 Å². The van der Waals surface area contributed by atoms with Crippen LogP contribution in [-0.4, -0.2) is 25.1 Å². The van der Waals surface area contributed by atoms with Crippen molar-refractivity contribution < 1.29 is 19.4 Å². The standard InChI is InChI=1S/C48H37Cl2NO4/c1-54-39-20-14-32(15-21-39)41-28-48(53,38-18-13-31-8-4-6-10-35(31)26-38)45(46(52)36-12-11-30-7-3-5-9-34(30)25-36)44(33-16-22-40(55-2)23-17-33)47(41,29-51)37-19-24-42(49)43(50)27-37/h3-27,41,44-45,53H,28H2,1-2H3/t41-,44-,45+,47-,48-/m0/s1. The minimum atomic E-state index is -1.78. The monoisotopic (exact) mass is 761 g/mol. The van der Waals surface area contributed by atoms with E-state index in [2.05, 4.69) is 6.07 Å². The van der Waals surface area contributed by atoms with Crippen molar-refractivity contribution in [3.63, 3.8) is 0 Å². The van der Waals surface area contributed by atoms with E-state index in [9.17, 15) is 10.4 Å². The van der Waals surface area contributed by atoms with Gasteiger partial charge in [0.05, 0.1) is 41.7 Å². The number of ketones is 1. The highest BCUT2D eigenvalue weighted by molar-refractivity contribution is 6.42. The molecule has 7 heteroatoms. The van der Waals surface area contributed by atoms with Crippen LogP contribution in [0.3, 0.4) is 0 Å². The van der Waals surface area contributed by atoms with Gasteiger partial charge in [-0.25, -0.2) is 0 Å². The maximum Gasteiger partial charge on any atom is 0.169 e. The SMILES string of the molecule is COc1ccc([C@@H]2C[C@](O)(c3ccc4ccccc4c3)[C@@H](C(=O)c3ccc4ccccc4c3)[C@H](c3ccc(OC)cc3)[C@@]2(C#N)c2ccc(Cl)c(Cl)c2)cc1. The van der Waals surface area contributed by atoms with Crippen LogP contribution in [0.4, 0.5) is 0 Å². The molecule has 0 unspecified atom stereocenters. The van der Waals surface area contributed by atoms with Crippen LogP contribution < -0.4 is 9.47 Å². The molecule has 1 saturated carbocycles. The summed E-state index contributed by atoms with van der Waals surface area (Å²) in [5, 5.41) is 30.2. The number of Topliss-reactive ketones (excluding diaryl/α,β-unsaturated/α-hetero) is 1. The van der Waals surface area contributed by atoms with Crippen LogP contribution in [0.15, 0.2) is 152 Å². The first-order valence-corrected chi connectivity index (χ1v) is 18.8. The largest absolute Gasteiger partial charge is 0.497 e. The Hall–Kier alpha value is -5.64. The summed E-state index contributed by atoms with van der Waals surface area (Å²) in [7, 11) is 3.20. The maximum atomic E-state index is 15.7. The predicted molar refractivity (Wildman–Crippen MR) is 219 cm³/mol. The van der Waals surface area contributed by atoms with Crippen molar-refractivity contribution in [2.45, 2.75) is 29.3 Å². The number of nitrogens with zero attached hydrogens (tertiary/aromatic N) is 1. The third-order valence-electron chi connectivity index (χ3n) is 11.5. The van der Waals surface area contributed by atoms with Gasteiger partial charge < -0.3 is 14.6 Å². The molecular weight excluding hydrogens is 725 g/mol. The Morgan fingerprint density at radius 2 is 1.20 bits per heavy atom. The van der Waals surface area contributed by atoms with Gasteiger partial charge in [-0.2, -0.15) is 5.26 Å². The Labute approximate surface area is 330 Å². The summed E-state index contributed by atoms with van der Waals surface area (Å²) in [5.41, 5.74) is -0.153. The fourth-order valence-electron chi connectivity index (χ4n) is 8.83. The Morgan fingerprint density at radius 3 is 1.78 bits per heavy atom. The first-order chi connectivity index (χ1) is 26.7. The quantitative estimate of drug-likeness (QED) is 0.156. The van der Waals surface area contributed by atoms with E-state index in [0.717, 1.165) is 27.1 Å². The molecule has 5 atom stereocenters. The lowest BCUT2D eigenvalue weighted by atomic mass is 9.46. The van der Waals surface area contributed by atoms with Crippen LogP contribution in [0.2, 0.25) is 10.0 Å². The van der Waals surface area contributed by atoms with E-state index in [-0.39, 0.29) is 17.2 Å². The molecule has 0 aliphatic heterocycles. The third-order valence-corrected chi connectivity index (χ3v) is 12.3. The molecule has 0 radical (unpaired) electrons. The first-order valence-electron chi connectivity index (χ1n) is 18.1. The number of carbonyl (C=O) groups is 1. The minimum absolute atomic E-state index is 0.0299. The van der Waals surface area contributed by atoms with Crippen molar-refractivity contribution >= 4 is 50.5 Å². The summed E-state index contributed by atoms with van der Waals surface area (Å²) in [5.74, 6) is -1.76. The van der Waals surface area contributed by atoms with Gasteiger partial charge in [-0.3, -0.25) is 4.79 Å². The highest BCUT2D eigenvalue weighted by Gasteiger charge is 2.64. The second-order valence-electron chi connectivity index (χ2n) is 14.3. The van der Waals surface area contributed by atoms with E-state index in [1.165, 1.54) is 0 Å². The number of benzene rings is 7. The molecule has 7 aromatic carbocycles. The smallest absolute Gasteiger partial charge is 0.169 e. The molecule has 272 valence electrons. The number of ether oxygens (including phenoxy) is 2. The summed E-state index contributed by atoms with van der Waals surface area (Å²) in [6, 6.07) is 50.4. The topological polar surface area (TPSA) is 79.6 Å². The Balaban J connectivity index is 1.48. The van der Waals surface area contributed by atoms with Crippen molar-refractivity contribution in [1.82, 2.24) is 0 Å². The number of carbonyl (C=O) groups excluding carboxylic acids is 1. The van der Waals surface area contributed by atoms with Gasteiger partial charge in [0.2, 0.25) is 0 Å². The second kappa shape index (κ2) is 14.5. The lowest BCUT2D eigenvalue weighted by Crippen LogP contribution is -2.58. The molecule has 0 saturated heterocycles. The fraction of sp³-hybridized carbons (Fsp3) is 0.167. The van der Waals surface area contributed by atoms with Crippen LogP contribution in [0.5, 0.6) is 11.5 Å². The van der Waals surface area contributed by atoms with E-state index in [1.54, 1.807) is 26.4 Å². The lowest BCUT2D eigenvalue weighted by Gasteiger charge is -2.56. The number of fused-ring (bicyclic) bond motifs is 2. The molecule has 1 fully saturated rings. The molecule has 8 rings (SSSR count). The molecule has 7 aromatic rings. The van der Waals surface area contributed by atoms with Crippen LogP contribution in [0.25, 0.3) is 21.5 Å². The molecule has 1 aliphatic carbocycles. The summed E-state index contributed by atoms with van der Waals surface area (Å²) in [6.45, 7) is 0. The van der Waals surface area contributed by atoms with Crippen LogP contribution in [-0.2, 0) is 11.0 Å². The number of rotatable bonds is 8. The van der Waals surface area contributed by atoms with Gasteiger partial charge in [-0.15, -0.1) is 0 Å². The van der Waals surface area contributed by atoms with Crippen molar-refractivity contribution in [3.05, 3.63) is 190 Å². The summed E-state index contributed by atoms with van der Waals surface area (Å²) >= 11 is 13.3. The van der Waals surface area contributed by atoms with Crippen LogP contribution in [0.1, 0.15) is 50.9 Å². The first kappa shape index (κ1) is 36.3. The maximum absolute atomic E-state index is 15.7. The van der Waals surface area contributed by atoms with Gasteiger partial charge in [-0.1, -0.05) is 126 Å². The van der Waals surface area contributed by atoms with Crippen LogP contribution in [0, 0.1) is 17.2 Å². The van der Waals surface area contributed by atoms with Crippen molar-refractivity contribution in [2.24, 2.45) is 5.92 Å². The number of halogens is 2. The molecule has 0 heterocycles. The number of nitriles is 1. The third kappa shape index (κ3) is 6.21. The van der Waals surface area contributed by atoms with Gasteiger partial charge in [0.15, 0.2) is 5.78 Å². The van der Waals surface area contributed by atoms with E-state index in [4.69, 9.17) is 32.7 Å². The predicted octanol–water partition coefficient (Wildman–Crippen LogP) is 11.4. The zero-order valence-corrected chi connectivity index (χ0v) is 31.8. The van der Waals surface area contributed by atoms with E-state index in [1.807, 2.05) is 140 Å². The Morgan fingerprint density at radius 1 is 0.655 bits per heavy atom. The minimum Gasteiger partial charge on any atom is -0.497 e. The van der Waals surface area contributed by atoms with E-state index in [0.29, 0.717) is 38.8 Å². The Kier molecular flexibility index (Phi) is 9.61. The molecule has 0 bridgehead atoms. The average molecular weight is 763 g/mol. The zero-order chi connectivity index (χ0) is 38.3. The number of hydrogen-bond donors (Lipinski definition) is 1. The molecular formula is C48H37Cl2NO4. The van der Waals surface area contributed by atoms with E-state index >= 15 is 4.79 Å². The fourth-order valence-corrected chi connectivity index (χ4v) is 9.13. The summed E-state index contributed by atoms with van der Waals surface area (Å²) in [6.07, 6.45) is 0.0299. The summed E-state index contributed by atoms with van der Waals surface area (Å²) < 4.78 is 11.1. The van der Waals surface area contributed by atoms with Gasteiger partial charge in [0.1, 0.15) is 17.1 Å². The van der Waals surface area contributed by atoms with Gasteiger partial charge >= 0.3 is 0 Å². The molecule has 55 heavy (non-hydrogen) atoms. The highest BCUT2D eigenvalue weighted by Crippen LogP contribution is 2.64. The molecule has 1 N–H and O–H groups in total. The average Bonchev–Trinajstić information content (AvgIpc) is 3.23. The van der Waals surface area contributed by atoms with Crippen molar-refractivity contribution in [2.75, 3.05) is 14.2 Å². The van der Waals surface area contributed by atoms with Gasteiger partial charge in [-0.05, 0) is 98.8 Å². The van der Waals surface area contributed by atoms with E-state index < -0.39 is 28.8 Å². The number of methoxy groups -OCH3 is 2. The Bertz CT molecular complexity index is 2600. The van der Waals surface area contributed by atoms with Gasteiger partial charge in [0.25, 0.3) is 0 Å². The highest BCUT2D eigenvalue weighted by atomic mass is 35.5. The molecule has 1 aliphatic rings. The normalized spacial score (nSPS) is 22.2. The number of hydrogen-bond acceptors (Lipinski definition) is 5. The van der Waals surface area contributed by atoms with Gasteiger partial charge in [0, 0.05) is 17.4 Å². The van der Waals surface area contributed by atoms with Crippen molar-refractivity contribution in [3.8, 4) is 17.6 Å². The number of aliphatic hydroxyl groups is 1. The lowest BCUT2D eigenvalue weighted by molar-refractivity contribution is -0.0737. The molecule has 0 spiro atoms. The zero-order valence-electron chi connectivity index (χ0n) is 30.2. The second-order valence-corrected chi connectivity index (χ2v) is 15.1. The van der Waals surface area contributed by atoms with Crippen molar-refractivity contribution in [1.29, 1.82) is 5.26 Å². The molecule has 0 aromatic heterocycles.